The highest BCUT2D eigenvalue weighted by Crippen LogP contribution is 1.83. The lowest BCUT2D eigenvalue weighted by molar-refractivity contribution is -0.111. The summed E-state index contributed by atoms with van der Waals surface area (Å²) in [6.45, 7) is 1.49. The van der Waals surface area contributed by atoms with E-state index in [4.69, 9.17) is 10.9 Å². The number of nitrogens with one attached hydrogen (secondary N) is 1. The monoisotopic (exact) mass is 118 g/mol. The van der Waals surface area contributed by atoms with Gasteiger partial charge in [-0.1, -0.05) is 0 Å². The Morgan fingerprint density at radius 1 is 1.88 bits per heavy atom. The van der Waals surface area contributed by atoms with E-state index < -0.39 is 12.1 Å². The first-order chi connectivity index (χ1) is 3.72. The Hall–Kier alpha value is -0.450. The highest BCUT2D eigenvalue weighted by atomic mass is 16.3. The maximum atomic E-state index is 9.88. The second-order valence-electron chi connectivity index (χ2n) is 1.57. The molecule has 0 aromatic heterocycles. The number of hydrogen-bond acceptors (Lipinski definition) is 4. The van der Waals surface area contributed by atoms with Crippen molar-refractivity contribution in [3.63, 3.8) is 0 Å². The van der Waals surface area contributed by atoms with Crippen LogP contribution in [-0.4, -0.2) is 23.5 Å². The van der Waals surface area contributed by atoms with E-state index in [2.05, 4.69) is 5.43 Å². The van der Waals surface area contributed by atoms with E-state index in [9.17, 15) is 4.79 Å². The third-order valence-corrected chi connectivity index (χ3v) is 0.859. The molecule has 0 aromatic rings. The first kappa shape index (κ1) is 7.55. The normalized spacial score (nSPS) is 17.4. The van der Waals surface area contributed by atoms with Crippen LogP contribution in [-0.2, 0) is 4.79 Å². The maximum absolute atomic E-state index is 9.88. The zero-order chi connectivity index (χ0) is 6.57. The van der Waals surface area contributed by atoms with Crippen molar-refractivity contribution in [3.8, 4) is 0 Å². The fourth-order valence-corrected chi connectivity index (χ4v) is 0.292. The molecule has 0 amide bonds. The predicted molar refractivity (Wildman–Crippen MR) is 28.9 cm³/mol. The Bertz CT molecular complexity index is 74.4. The standard InChI is InChI=1S/C4H10N2O2/c1-3(8)4(2-7)6-5/h2-4,6,8H,5H2,1H3/t3-,4-/m1/s1. The van der Waals surface area contributed by atoms with Crippen LogP contribution in [0.5, 0.6) is 0 Å². The van der Waals surface area contributed by atoms with Crippen LogP contribution < -0.4 is 11.3 Å². The van der Waals surface area contributed by atoms with Crippen LogP contribution in [0.4, 0.5) is 0 Å². The fraction of sp³-hybridized carbons (Fsp3) is 0.750. The van der Waals surface area contributed by atoms with E-state index in [1.54, 1.807) is 0 Å². The molecule has 8 heavy (non-hydrogen) atoms. The van der Waals surface area contributed by atoms with Crippen LogP contribution in [0.25, 0.3) is 0 Å². The van der Waals surface area contributed by atoms with Crippen LogP contribution in [0.1, 0.15) is 6.92 Å². The molecule has 4 N–H and O–H groups in total. The second kappa shape index (κ2) is 3.54. The quantitative estimate of drug-likeness (QED) is 0.237. The van der Waals surface area contributed by atoms with Gasteiger partial charge in [-0.2, -0.15) is 0 Å². The van der Waals surface area contributed by atoms with E-state index in [1.165, 1.54) is 6.92 Å². The van der Waals surface area contributed by atoms with Crippen molar-refractivity contribution in [1.29, 1.82) is 0 Å². The molecule has 0 aliphatic heterocycles. The molecule has 0 saturated heterocycles. The smallest absolute Gasteiger partial charge is 0.140 e. The Morgan fingerprint density at radius 3 is 2.38 bits per heavy atom. The van der Waals surface area contributed by atoms with E-state index in [0.29, 0.717) is 6.29 Å². The molecule has 0 saturated carbocycles. The Labute approximate surface area is 47.6 Å². The number of aldehydes is 1. The van der Waals surface area contributed by atoms with Crippen LogP contribution in [0, 0.1) is 0 Å². The summed E-state index contributed by atoms with van der Waals surface area (Å²) < 4.78 is 0. The first-order valence-electron chi connectivity index (χ1n) is 2.32. The van der Waals surface area contributed by atoms with E-state index >= 15 is 0 Å². The van der Waals surface area contributed by atoms with Crippen molar-refractivity contribution >= 4 is 6.29 Å². The van der Waals surface area contributed by atoms with Gasteiger partial charge in [-0.05, 0) is 6.92 Å². The van der Waals surface area contributed by atoms with Gasteiger partial charge in [-0.3, -0.25) is 5.84 Å². The summed E-state index contributed by atoms with van der Waals surface area (Å²) in [5, 5.41) is 8.64. The maximum Gasteiger partial charge on any atom is 0.140 e. The van der Waals surface area contributed by atoms with Crippen LogP contribution in [0.3, 0.4) is 0 Å². The molecular formula is C4H10N2O2. The molecule has 2 atom stereocenters. The molecule has 0 unspecified atom stereocenters. The molecule has 0 aromatic carbocycles. The SMILES string of the molecule is C[C@@H](O)[C@@H](C=O)NN. The molecular weight excluding hydrogens is 108 g/mol. The number of nitrogens with two attached hydrogens (primary N) is 1. The predicted octanol–water partition coefficient (Wildman–Crippen LogP) is -1.60. The van der Waals surface area contributed by atoms with E-state index in [0.717, 1.165) is 0 Å². The van der Waals surface area contributed by atoms with Gasteiger partial charge >= 0.3 is 0 Å². The molecule has 48 valence electrons. The van der Waals surface area contributed by atoms with Crippen molar-refractivity contribution in [2.75, 3.05) is 0 Å². The number of aliphatic hydroxyl groups excluding tert-OH is 1. The summed E-state index contributed by atoms with van der Waals surface area (Å²) in [4.78, 5) is 9.88. The summed E-state index contributed by atoms with van der Waals surface area (Å²) in [6, 6.07) is -0.644. The lowest BCUT2D eigenvalue weighted by Crippen LogP contribution is -2.43. The topological polar surface area (TPSA) is 75.3 Å². The molecule has 0 aliphatic carbocycles. The number of hydrogen-bond donors (Lipinski definition) is 3. The number of hydrazine groups is 1. The molecule has 0 radical (unpaired) electrons. The average molecular weight is 118 g/mol. The van der Waals surface area contributed by atoms with Gasteiger partial charge < -0.3 is 9.90 Å². The van der Waals surface area contributed by atoms with Gasteiger partial charge in [0.1, 0.15) is 12.3 Å². The highest BCUT2D eigenvalue weighted by Gasteiger charge is 2.09. The van der Waals surface area contributed by atoms with Gasteiger partial charge in [0.2, 0.25) is 0 Å². The third-order valence-electron chi connectivity index (χ3n) is 0.859. The van der Waals surface area contributed by atoms with Crippen LogP contribution >= 0.6 is 0 Å². The summed E-state index contributed by atoms with van der Waals surface area (Å²) in [7, 11) is 0. The van der Waals surface area contributed by atoms with E-state index in [1.807, 2.05) is 0 Å². The Kier molecular flexibility index (Phi) is 3.34. The summed E-state index contributed by atoms with van der Waals surface area (Å²) in [5.41, 5.74) is 2.13. The van der Waals surface area contributed by atoms with Gasteiger partial charge in [-0.25, -0.2) is 5.43 Å². The van der Waals surface area contributed by atoms with Crippen molar-refractivity contribution in [2.45, 2.75) is 19.1 Å². The number of rotatable bonds is 3. The van der Waals surface area contributed by atoms with E-state index in [-0.39, 0.29) is 0 Å². The second-order valence-corrected chi connectivity index (χ2v) is 1.57. The lowest BCUT2D eigenvalue weighted by atomic mass is 10.2. The van der Waals surface area contributed by atoms with Gasteiger partial charge in [0.15, 0.2) is 0 Å². The highest BCUT2D eigenvalue weighted by molar-refractivity contribution is 5.58. The van der Waals surface area contributed by atoms with Gasteiger partial charge in [0, 0.05) is 0 Å². The molecule has 0 rings (SSSR count). The summed E-state index contributed by atoms with van der Waals surface area (Å²) >= 11 is 0. The third kappa shape index (κ3) is 2.02. The minimum atomic E-state index is -0.725. The van der Waals surface area contributed by atoms with Crippen molar-refractivity contribution in [3.05, 3.63) is 0 Å². The number of carbonyl (C=O) groups excluding carboxylic acids is 1. The zero-order valence-corrected chi connectivity index (χ0v) is 4.66. The lowest BCUT2D eigenvalue weighted by Gasteiger charge is -2.09. The summed E-state index contributed by atoms with van der Waals surface area (Å²) in [6.07, 6.45) is -0.164. The minimum Gasteiger partial charge on any atom is -0.391 e. The van der Waals surface area contributed by atoms with Crippen LogP contribution in [0.2, 0.25) is 0 Å². The molecule has 0 fully saturated rings. The first-order valence-corrected chi connectivity index (χ1v) is 2.32. The average Bonchev–Trinajstić information content (AvgIpc) is 1.69. The minimum absolute atomic E-state index is 0.560. The molecule has 4 heteroatoms. The largest absolute Gasteiger partial charge is 0.391 e. The number of carbonyl (C=O) groups is 1. The van der Waals surface area contributed by atoms with Gasteiger partial charge in [0.25, 0.3) is 0 Å². The molecule has 0 spiro atoms. The molecule has 0 aliphatic rings. The van der Waals surface area contributed by atoms with Gasteiger partial charge in [-0.15, -0.1) is 0 Å². The Morgan fingerprint density at radius 2 is 2.38 bits per heavy atom. The Balaban J connectivity index is 3.51. The fourth-order valence-electron chi connectivity index (χ4n) is 0.292. The van der Waals surface area contributed by atoms with Crippen molar-refractivity contribution in [2.24, 2.45) is 5.84 Å². The van der Waals surface area contributed by atoms with Crippen molar-refractivity contribution < 1.29 is 9.90 Å². The van der Waals surface area contributed by atoms with Crippen molar-refractivity contribution in [1.82, 2.24) is 5.43 Å². The van der Waals surface area contributed by atoms with Crippen LogP contribution in [0.15, 0.2) is 0 Å². The number of aliphatic hydroxyl groups is 1. The molecule has 4 nitrogen and oxygen atoms in total. The molecule has 0 heterocycles. The summed E-state index contributed by atoms with van der Waals surface area (Å²) in [5.74, 6) is 4.84. The zero-order valence-electron chi connectivity index (χ0n) is 4.66. The molecule has 0 bridgehead atoms. The van der Waals surface area contributed by atoms with Gasteiger partial charge in [0.05, 0.1) is 6.10 Å².